The smallest absolute Gasteiger partial charge is 0.254 e. The summed E-state index contributed by atoms with van der Waals surface area (Å²) in [7, 11) is 0. The molecule has 1 aliphatic heterocycles. The van der Waals surface area contributed by atoms with Crippen LogP contribution in [0.15, 0.2) is 61.3 Å². The Hall–Kier alpha value is -2.95. The lowest BCUT2D eigenvalue weighted by atomic mass is 9.99. The predicted molar refractivity (Wildman–Crippen MR) is 86.2 cm³/mol. The third-order valence-electron chi connectivity index (χ3n) is 4.18. The van der Waals surface area contributed by atoms with Crippen molar-refractivity contribution < 1.29 is 4.79 Å². The van der Waals surface area contributed by atoms with Crippen molar-refractivity contribution in [1.29, 1.82) is 0 Å². The number of amides is 1. The fourth-order valence-corrected chi connectivity index (χ4v) is 2.94. The van der Waals surface area contributed by atoms with Crippen LogP contribution in [0.2, 0.25) is 0 Å². The molecule has 1 aromatic carbocycles. The van der Waals surface area contributed by atoms with Gasteiger partial charge in [-0.2, -0.15) is 0 Å². The van der Waals surface area contributed by atoms with Gasteiger partial charge in [-0.25, -0.2) is 9.97 Å². The van der Waals surface area contributed by atoms with Crippen LogP contribution in [0.1, 0.15) is 21.5 Å². The molecule has 0 atom stereocenters. The Bertz CT molecular complexity index is 842. The molecule has 1 amide bonds. The molecule has 0 saturated heterocycles. The van der Waals surface area contributed by atoms with Gasteiger partial charge in [-0.15, -0.1) is 0 Å². The maximum Gasteiger partial charge on any atom is 0.254 e. The van der Waals surface area contributed by atoms with Crippen LogP contribution in [0.3, 0.4) is 0 Å². The average Bonchev–Trinajstić information content (AvgIpc) is 3.15. The van der Waals surface area contributed by atoms with E-state index in [0.29, 0.717) is 17.9 Å². The molecule has 0 saturated carbocycles. The monoisotopic (exact) mass is 304 g/mol. The number of rotatable bonds is 2. The summed E-state index contributed by atoms with van der Waals surface area (Å²) in [4.78, 5) is 23.0. The minimum absolute atomic E-state index is 0.0447. The summed E-state index contributed by atoms with van der Waals surface area (Å²) in [5.41, 5.74) is 3.23. The van der Waals surface area contributed by atoms with Gasteiger partial charge in [0.2, 0.25) is 0 Å². The first-order valence-corrected chi connectivity index (χ1v) is 7.62. The van der Waals surface area contributed by atoms with Crippen molar-refractivity contribution in [3.05, 3.63) is 78.0 Å². The molecule has 0 unspecified atom stereocenters. The van der Waals surface area contributed by atoms with Gasteiger partial charge in [0.25, 0.3) is 5.91 Å². The first-order chi connectivity index (χ1) is 11.3. The van der Waals surface area contributed by atoms with Crippen LogP contribution < -0.4 is 0 Å². The highest BCUT2D eigenvalue weighted by Crippen LogP contribution is 2.20. The maximum atomic E-state index is 12.8. The number of carbonyl (C=O) groups is 1. The summed E-state index contributed by atoms with van der Waals surface area (Å²) in [6.45, 7) is 1.41. The van der Waals surface area contributed by atoms with Crippen molar-refractivity contribution in [3.63, 3.8) is 0 Å². The summed E-state index contributed by atoms with van der Waals surface area (Å²) >= 11 is 0. The highest BCUT2D eigenvalue weighted by molar-refractivity contribution is 5.94. The first-order valence-electron chi connectivity index (χ1n) is 7.62. The van der Waals surface area contributed by atoms with Crippen LogP contribution in [-0.2, 0) is 13.0 Å². The molecule has 5 nitrogen and oxygen atoms in total. The van der Waals surface area contributed by atoms with Crippen molar-refractivity contribution >= 4 is 5.91 Å². The third kappa shape index (κ3) is 2.61. The minimum atomic E-state index is 0.0447. The van der Waals surface area contributed by atoms with E-state index in [2.05, 4.69) is 28.2 Å². The number of aromatic nitrogens is 3. The number of pyridine rings is 1. The largest absolute Gasteiger partial charge is 0.334 e. The zero-order valence-corrected chi connectivity index (χ0v) is 12.6. The highest BCUT2D eigenvalue weighted by Gasteiger charge is 2.21. The minimum Gasteiger partial charge on any atom is -0.334 e. The van der Waals surface area contributed by atoms with E-state index < -0.39 is 0 Å². The molecule has 3 aromatic rings. The Morgan fingerprint density at radius 3 is 2.78 bits per heavy atom. The Labute approximate surface area is 134 Å². The van der Waals surface area contributed by atoms with Gasteiger partial charge in [0.1, 0.15) is 12.1 Å². The van der Waals surface area contributed by atoms with E-state index >= 15 is 0 Å². The molecule has 1 aliphatic rings. The van der Waals surface area contributed by atoms with Crippen LogP contribution in [-0.4, -0.2) is 31.9 Å². The maximum absolute atomic E-state index is 12.8. The molecule has 0 fully saturated rings. The number of hydrogen-bond donors (Lipinski definition) is 0. The van der Waals surface area contributed by atoms with Crippen LogP contribution >= 0.6 is 0 Å². The van der Waals surface area contributed by atoms with E-state index in [0.717, 1.165) is 13.0 Å². The average molecular weight is 304 g/mol. The van der Waals surface area contributed by atoms with E-state index in [1.54, 1.807) is 29.4 Å². The molecule has 0 radical (unpaired) electrons. The predicted octanol–water partition coefficient (Wildman–Crippen LogP) is 2.47. The highest BCUT2D eigenvalue weighted by atomic mass is 16.2. The van der Waals surface area contributed by atoms with Crippen molar-refractivity contribution in [2.75, 3.05) is 6.54 Å². The van der Waals surface area contributed by atoms with Crippen LogP contribution in [0, 0.1) is 0 Å². The van der Waals surface area contributed by atoms with Gasteiger partial charge in [0, 0.05) is 37.2 Å². The van der Waals surface area contributed by atoms with E-state index in [1.165, 1.54) is 11.1 Å². The number of hydrogen-bond acceptors (Lipinski definition) is 3. The fourth-order valence-electron chi connectivity index (χ4n) is 2.94. The quantitative estimate of drug-likeness (QED) is 0.731. The van der Waals surface area contributed by atoms with Gasteiger partial charge in [-0.1, -0.05) is 24.3 Å². The lowest BCUT2D eigenvalue weighted by Gasteiger charge is -2.29. The van der Waals surface area contributed by atoms with Gasteiger partial charge in [0.05, 0.1) is 0 Å². The number of carbonyl (C=O) groups excluding carboxylic acids is 1. The topological polar surface area (TPSA) is 51.0 Å². The van der Waals surface area contributed by atoms with Gasteiger partial charge in [-0.3, -0.25) is 9.36 Å². The molecule has 0 bridgehead atoms. The molecule has 5 heteroatoms. The van der Waals surface area contributed by atoms with Crippen LogP contribution in [0.5, 0.6) is 0 Å². The summed E-state index contributed by atoms with van der Waals surface area (Å²) in [6, 6.07) is 11.9. The second-order valence-corrected chi connectivity index (χ2v) is 5.62. The number of nitrogens with zero attached hydrogens (tertiary/aromatic N) is 4. The van der Waals surface area contributed by atoms with Gasteiger partial charge in [-0.05, 0) is 29.7 Å². The molecule has 0 N–H and O–H groups in total. The molecular formula is C18H16N4O. The number of imidazole rings is 1. The van der Waals surface area contributed by atoms with Crippen LogP contribution in [0.25, 0.3) is 5.82 Å². The number of fused-ring (bicyclic) bond motifs is 1. The van der Waals surface area contributed by atoms with E-state index in [4.69, 9.17) is 0 Å². The second kappa shape index (κ2) is 5.68. The fraction of sp³-hybridized carbons (Fsp3) is 0.167. The van der Waals surface area contributed by atoms with E-state index in [9.17, 15) is 4.79 Å². The summed E-state index contributed by atoms with van der Waals surface area (Å²) in [5, 5.41) is 0. The molecule has 4 rings (SSSR count). The normalized spacial score (nSPS) is 13.7. The summed E-state index contributed by atoms with van der Waals surface area (Å²) < 4.78 is 1.79. The number of benzene rings is 1. The molecule has 23 heavy (non-hydrogen) atoms. The lowest BCUT2D eigenvalue weighted by Crippen LogP contribution is -2.36. The van der Waals surface area contributed by atoms with Crippen LogP contribution in [0.4, 0.5) is 0 Å². The Kier molecular flexibility index (Phi) is 3.38. The molecule has 0 spiro atoms. The first kappa shape index (κ1) is 13.7. The van der Waals surface area contributed by atoms with Crippen molar-refractivity contribution in [2.24, 2.45) is 0 Å². The standard InChI is InChI=1S/C18H16N4O/c23-18(21-9-6-14-3-1-2-4-16(14)12-21)15-5-7-20-17(11-15)22-10-8-19-13-22/h1-5,7-8,10-11,13H,6,9,12H2. The van der Waals surface area contributed by atoms with Crippen molar-refractivity contribution in [1.82, 2.24) is 19.4 Å². The molecule has 2 aromatic heterocycles. The van der Waals surface area contributed by atoms with Crippen molar-refractivity contribution in [3.8, 4) is 5.82 Å². The molecular weight excluding hydrogens is 288 g/mol. The van der Waals surface area contributed by atoms with Crippen molar-refractivity contribution in [2.45, 2.75) is 13.0 Å². The lowest BCUT2D eigenvalue weighted by molar-refractivity contribution is 0.0734. The van der Waals surface area contributed by atoms with Gasteiger partial charge < -0.3 is 4.90 Å². The van der Waals surface area contributed by atoms with E-state index in [1.807, 2.05) is 23.2 Å². The summed E-state index contributed by atoms with van der Waals surface area (Å²) in [6.07, 6.45) is 7.75. The van der Waals surface area contributed by atoms with Gasteiger partial charge >= 0.3 is 0 Å². The molecule has 114 valence electrons. The molecule has 3 heterocycles. The van der Waals surface area contributed by atoms with E-state index in [-0.39, 0.29) is 5.91 Å². The zero-order chi connectivity index (χ0) is 15.6. The zero-order valence-electron chi connectivity index (χ0n) is 12.6. The SMILES string of the molecule is O=C(c1ccnc(-n2ccnc2)c1)N1CCc2ccccc2C1. The summed E-state index contributed by atoms with van der Waals surface area (Å²) in [5.74, 6) is 0.744. The molecule has 0 aliphatic carbocycles. The Balaban J connectivity index is 1.59. The third-order valence-corrected chi connectivity index (χ3v) is 4.18. The van der Waals surface area contributed by atoms with Gasteiger partial charge in [0.15, 0.2) is 0 Å². The second-order valence-electron chi connectivity index (χ2n) is 5.62. The Morgan fingerprint density at radius 1 is 1.09 bits per heavy atom. The Morgan fingerprint density at radius 2 is 1.96 bits per heavy atom.